The average Bonchev–Trinajstić information content (AvgIpc) is 2.72. The third kappa shape index (κ3) is 2.58. The summed E-state index contributed by atoms with van der Waals surface area (Å²) in [4.78, 5) is 0. The normalized spacial score (nSPS) is 33.0. The molecule has 0 spiro atoms. The molecule has 18 heavy (non-hydrogen) atoms. The van der Waals surface area contributed by atoms with Crippen LogP contribution in [-0.4, -0.2) is 16.9 Å². The van der Waals surface area contributed by atoms with Crippen LogP contribution in [0.5, 0.6) is 0 Å². The van der Waals surface area contributed by atoms with Gasteiger partial charge in [-0.05, 0) is 43.8 Å². The highest BCUT2D eigenvalue weighted by atomic mass is 32.1. The zero-order chi connectivity index (χ0) is 12.4. The molecule has 0 saturated heterocycles. The summed E-state index contributed by atoms with van der Waals surface area (Å²) in [5.74, 6) is 1.42. The van der Waals surface area contributed by atoms with Gasteiger partial charge in [-0.15, -0.1) is 0 Å². The number of hydrogen-bond acceptors (Lipinski definition) is 2. The van der Waals surface area contributed by atoms with E-state index in [2.05, 4.69) is 28.0 Å². The van der Waals surface area contributed by atoms with E-state index >= 15 is 0 Å². The number of hydrazone groups is 1. The fourth-order valence-corrected chi connectivity index (χ4v) is 3.46. The van der Waals surface area contributed by atoms with E-state index in [1.807, 2.05) is 0 Å². The van der Waals surface area contributed by atoms with Crippen LogP contribution in [0.2, 0.25) is 0 Å². The second kappa shape index (κ2) is 5.39. The first kappa shape index (κ1) is 12.2. The maximum atomic E-state index is 5.30. The Bertz CT molecular complexity index is 383. The van der Waals surface area contributed by atoms with Gasteiger partial charge >= 0.3 is 0 Å². The molecule has 0 bridgehead atoms. The van der Waals surface area contributed by atoms with Gasteiger partial charge in [0.2, 0.25) is 0 Å². The molecule has 2 fully saturated rings. The van der Waals surface area contributed by atoms with Gasteiger partial charge in [-0.3, -0.25) is 5.43 Å². The summed E-state index contributed by atoms with van der Waals surface area (Å²) in [6, 6.07) is 0.557. The first-order valence-electron chi connectivity index (χ1n) is 7.12. The highest BCUT2D eigenvalue weighted by Gasteiger charge is 2.37. The molecule has 0 heterocycles. The van der Waals surface area contributed by atoms with Gasteiger partial charge in [0.1, 0.15) is 0 Å². The highest BCUT2D eigenvalue weighted by molar-refractivity contribution is 7.80. The number of nitrogens with one attached hydrogen (secondary N) is 2. The zero-order valence-corrected chi connectivity index (χ0v) is 11.5. The van der Waals surface area contributed by atoms with E-state index < -0.39 is 0 Å². The lowest BCUT2D eigenvalue weighted by molar-refractivity contribution is 0.412. The smallest absolute Gasteiger partial charge is 0.187 e. The summed E-state index contributed by atoms with van der Waals surface area (Å²) in [5, 5.41) is 8.54. The second-order valence-electron chi connectivity index (χ2n) is 5.66. The van der Waals surface area contributed by atoms with Crippen molar-refractivity contribution in [3.63, 3.8) is 0 Å². The van der Waals surface area contributed by atoms with E-state index in [-0.39, 0.29) is 0 Å². The van der Waals surface area contributed by atoms with E-state index in [1.54, 1.807) is 0 Å². The van der Waals surface area contributed by atoms with Gasteiger partial charge < -0.3 is 5.32 Å². The molecular weight excluding hydrogens is 242 g/mol. The zero-order valence-electron chi connectivity index (χ0n) is 10.7. The molecule has 4 heteroatoms. The topological polar surface area (TPSA) is 36.4 Å². The fraction of sp³-hybridized carbons (Fsp3) is 0.714. The van der Waals surface area contributed by atoms with Crippen molar-refractivity contribution in [2.75, 3.05) is 0 Å². The molecule has 0 aromatic rings. The molecule has 0 aromatic carbocycles. The lowest BCUT2D eigenvalue weighted by Gasteiger charge is -2.32. The quantitative estimate of drug-likeness (QED) is 0.457. The Hall–Kier alpha value is -0.900. The van der Waals surface area contributed by atoms with Crippen LogP contribution < -0.4 is 10.7 Å². The van der Waals surface area contributed by atoms with Gasteiger partial charge in [-0.1, -0.05) is 31.4 Å². The van der Waals surface area contributed by atoms with Crippen molar-refractivity contribution in [3.05, 3.63) is 12.2 Å². The molecule has 2 saturated carbocycles. The van der Waals surface area contributed by atoms with Crippen LogP contribution in [0.15, 0.2) is 17.3 Å². The van der Waals surface area contributed by atoms with Crippen LogP contribution in [0.4, 0.5) is 0 Å². The maximum absolute atomic E-state index is 5.30. The molecule has 0 radical (unpaired) electrons. The number of nitrogens with zero attached hydrogens (tertiary/aromatic N) is 1. The van der Waals surface area contributed by atoms with Gasteiger partial charge in [0.15, 0.2) is 5.11 Å². The minimum absolute atomic E-state index is 0.557. The van der Waals surface area contributed by atoms with E-state index in [0.717, 1.165) is 18.8 Å². The standard InChI is InChI=1S/C14H21N3S/c18-14(15-11-6-2-1-3-7-11)17-16-13-9-10-5-4-8-12(10)13/h4-5,10-12H,1-3,6-9H2,(H2,15,17,18)/b16-13+/t10-,12-/m1/s1. The summed E-state index contributed by atoms with van der Waals surface area (Å²) < 4.78 is 0. The number of thiocarbonyl (C=S) groups is 1. The van der Waals surface area contributed by atoms with Crippen LogP contribution in [0.25, 0.3) is 0 Å². The fourth-order valence-electron chi connectivity index (χ4n) is 3.25. The third-order valence-corrected chi connectivity index (χ3v) is 4.61. The number of rotatable bonds is 2. The van der Waals surface area contributed by atoms with Crippen LogP contribution >= 0.6 is 12.2 Å². The molecule has 2 N–H and O–H groups in total. The Kier molecular flexibility index (Phi) is 3.64. The predicted octanol–water partition coefficient (Wildman–Crippen LogP) is 2.74. The van der Waals surface area contributed by atoms with Gasteiger partial charge in [-0.2, -0.15) is 5.10 Å². The Morgan fingerprint density at radius 2 is 2.11 bits per heavy atom. The molecule has 0 unspecified atom stereocenters. The lowest BCUT2D eigenvalue weighted by atomic mass is 9.74. The van der Waals surface area contributed by atoms with E-state index in [0.29, 0.717) is 17.1 Å². The molecule has 0 aliphatic heterocycles. The Morgan fingerprint density at radius 1 is 1.28 bits per heavy atom. The molecule has 98 valence electrons. The van der Waals surface area contributed by atoms with E-state index in [1.165, 1.54) is 37.8 Å². The summed E-state index contributed by atoms with van der Waals surface area (Å²) in [7, 11) is 0. The molecule has 3 aliphatic carbocycles. The van der Waals surface area contributed by atoms with E-state index in [4.69, 9.17) is 12.2 Å². The van der Waals surface area contributed by atoms with Crippen LogP contribution in [0, 0.1) is 11.8 Å². The Balaban J connectivity index is 1.43. The number of fused-ring (bicyclic) bond motifs is 1. The molecule has 3 aliphatic rings. The minimum Gasteiger partial charge on any atom is -0.359 e. The van der Waals surface area contributed by atoms with Crippen LogP contribution in [0.1, 0.15) is 44.9 Å². The Labute approximate surface area is 114 Å². The molecule has 0 amide bonds. The molecule has 2 atom stereocenters. The number of hydrogen-bond donors (Lipinski definition) is 2. The summed E-state index contributed by atoms with van der Waals surface area (Å²) in [6.45, 7) is 0. The minimum atomic E-state index is 0.557. The molecular formula is C14H21N3S. The lowest BCUT2D eigenvalue weighted by Crippen LogP contribution is -2.42. The average molecular weight is 263 g/mol. The molecule has 3 nitrogen and oxygen atoms in total. The van der Waals surface area contributed by atoms with Crippen molar-refractivity contribution in [1.29, 1.82) is 0 Å². The van der Waals surface area contributed by atoms with E-state index in [9.17, 15) is 0 Å². The maximum Gasteiger partial charge on any atom is 0.187 e. The largest absolute Gasteiger partial charge is 0.359 e. The predicted molar refractivity (Wildman–Crippen MR) is 78.5 cm³/mol. The third-order valence-electron chi connectivity index (χ3n) is 4.40. The van der Waals surface area contributed by atoms with Crippen molar-refractivity contribution in [2.24, 2.45) is 16.9 Å². The summed E-state index contributed by atoms with van der Waals surface area (Å²) in [6.07, 6.45) is 13.4. The molecule has 3 rings (SSSR count). The van der Waals surface area contributed by atoms with Crippen molar-refractivity contribution >= 4 is 23.0 Å². The van der Waals surface area contributed by atoms with Gasteiger partial charge in [0, 0.05) is 17.7 Å². The first-order valence-corrected chi connectivity index (χ1v) is 7.53. The van der Waals surface area contributed by atoms with Crippen LogP contribution in [-0.2, 0) is 0 Å². The second-order valence-corrected chi connectivity index (χ2v) is 6.07. The molecule has 0 aromatic heterocycles. The SMILES string of the molecule is S=C(N/N=C1\C[C@H]2C=CC[C@@H]12)NC1CCCCC1. The van der Waals surface area contributed by atoms with Gasteiger partial charge in [0.25, 0.3) is 0 Å². The Morgan fingerprint density at radius 3 is 2.89 bits per heavy atom. The summed E-state index contributed by atoms with van der Waals surface area (Å²) >= 11 is 5.30. The number of allylic oxidation sites excluding steroid dienone is 2. The van der Waals surface area contributed by atoms with Crippen molar-refractivity contribution in [1.82, 2.24) is 10.7 Å². The summed E-state index contributed by atoms with van der Waals surface area (Å²) in [5.41, 5.74) is 4.31. The van der Waals surface area contributed by atoms with Gasteiger partial charge in [-0.25, -0.2) is 0 Å². The van der Waals surface area contributed by atoms with Crippen molar-refractivity contribution < 1.29 is 0 Å². The van der Waals surface area contributed by atoms with Crippen molar-refractivity contribution in [2.45, 2.75) is 51.0 Å². The first-order chi connectivity index (χ1) is 8.83. The van der Waals surface area contributed by atoms with Crippen LogP contribution in [0.3, 0.4) is 0 Å². The van der Waals surface area contributed by atoms with Crippen molar-refractivity contribution in [3.8, 4) is 0 Å². The highest BCUT2D eigenvalue weighted by Crippen LogP contribution is 2.39. The monoisotopic (exact) mass is 263 g/mol. The van der Waals surface area contributed by atoms with Gasteiger partial charge in [0.05, 0.1) is 0 Å².